The van der Waals surface area contributed by atoms with E-state index in [1.54, 1.807) is 91.0 Å². The summed E-state index contributed by atoms with van der Waals surface area (Å²) in [6.07, 6.45) is 0. The molecule has 0 unspecified atom stereocenters. The number of benzene rings is 3. The van der Waals surface area contributed by atoms with Crippen LogP contribution in [0.15, 0.2) is 97.1 Å². The maximum Gasteiger partial charge on any atom is 0.335 e. The summed E-state index contributed by atoms with van der Waals surface area (Å²) in [5.74, 6) is -2.64. The van der Waals surface area contributed by atoms with Gasteiger partial charge in [0.15, 0.2) is 0 Å². The van der Waals surface area contributed by atoms with E-state index in [9.17, 15) is 14.4 Å². The van der Waals surface area contributed by atoms with Crippen LogP contribution in [0.5, 0.6) is 0 Å². The Morgan fingerprint density at radius 1 is 0.568 bits per heavy atom. The number of carboxylic acids is 3. The van der Waals surface area contributed by atoms with Crippen molar-refractivity contribution in [1.29, 1.82) is 0 Å². The zero-order valence-electron chi connectivity index (χ0n) is 21.3. The largest absolute Gasteiger partial charge is 0.478 e. The third kappa shape index (κ3) is 12.6. The fraction of sp³-hybridized carbons (Fsp3) is 0.133. The van der Waals surface area contributed by atoms with Gasteiger partial charge in [-0.05, 0) is 36.4 Å². The molecule has 4 aromatic rings. The molecule has 4 aromatic carbocycles. The Kier molecular flexibility index (Phi) is 15.7. The molecule has 6 nitrogen and oxygen atoms in total. The quantitative estimate of drug-likeness (QED) is 0.197. The molecule has 0 saturated carbocycles. The van der Waals surface area contributed by atoms with Gasteiger partial charge in [0.25, 0.3) is 0 Å². The molecule has 4 rings (SSSR count). The summed E-state index contributed by atoms with van der Waals surface area (Å²) in [6.45, 7) is 8.68. The number of carbonyl (C=O) groups is 3. The van der Waals surface area contributed by atoms with Gasteiger partial charge in [0, 0.05) is 21.7 Å². The van der Waals surface area contributed by atoms with Crippen LogP contribution in [0.4, 0.5) is 0 Å². The second-order valence-corrected chi connectivity index (χ2v) is 7.77. The molecule has 192 valence electrons. The first-order chi connectivity index (χ1) is 17.0. The second-order valence-electron chi connectivity index (χ2n) is 7.77. The van der Waals surface area contributed by atoms with E-state index in [-0.39, 0.29) is 21.7 Å². The van der Waals surface area contributed by atoms with Gasteiger partial charge in [0.05, 0.1) is 16.7 Å². The minimum atomic E-state index is -0.879. The van der Waals surface area contributed by atoms with Gasteiger partial charge in [-0.15, -0.1) is 0 Å². The van der Waals surface area contributed by atoms with E-state index in [1.165, 1.54) is 22.3 Å². The molecule has 7 heteroatoms. The monoisotopic (exact) mass is 535 g/mol. The standard InChI is InChI=1S/C9H13.3C7H6O2.Ti/c1-6-5-7(2)9(4)8(6)3;3*8-7(9)6-4-2-1-3-5-6;/h5H,1-4H3;3*1-5H,(H,8,9);/q-1;;;;. The van der Waals surface area contributed by atoms with Gasteiger partial charge in [-0.25, -0.2) is 14.4 Å². The summed E-state index contributed by atoms with van der Waals surface area (Å²) in [7, 11) is 0. The van der Waals surface area contributed by atoms with E-state index in [1.807, 2.05) is 0 Å². The molecule has 0 amide bonds. The molecule has 0 aliphatic carbocycles. The van der Waals surface area contributed by atoms with Crippen molar-refractivity contribution in [2.45, 2.75) is 27.7 Å². The molecule has 0 aliphatic heterocycles. The SMILES string of the molecule is Cc1c[c-](C)c(C)c1C.O=C(O)c1ccccc1.O=C(O)c1ccccc1.O=C(O)c1ccccc1.[Ti]. The molecular weight excluding hydrogens is 504 g/mol. The van der Waals surface area contributed by atoms with Crippen LogP contribution in [0.1, 0.15) is 53.3 Å². The molecule has 0 atom stereocenters. The molecule has 0 bridgehead atoms. The molecular formula is C30H31O6Ti-. The van der Waals surface area contributed by atoms with Crippen molar-refractivity contribution < 1.29 is 51.4 Å². The maximum atomic E-state index is 10.2. The van der Waals surface area contributed by atoms with E-state index < -0.39 is 17.9 Å². The number of carboxylic acid groups (broad SMARTS) is 3. The van der Waals surface area contributed by atoms with Gasteiger partial charge in [-0.2, -0.15) is 28.3 Å². The average Bonchev–Trinajstić information content (AvgIpc) is 3.11. The predicted molar refractivity (Wildman–Crippen MR) is 141 cm³/mol. The Labute approximate surface area is 232 Å². The van der Waals surface area contributed by atoms with Crippen LogP contribution in [-0.4, -0.2) is 33.2 Å². The first kappa shape index (κ1) is 33.1. The number of hydrogen-bond acceptors (Lipinski definition) is 3. The zero-order valence-corrected chi connectivity index (χ0v) is 22.9. The second kappa shape index (κ2) is 17.5. The van der Waals surface area contributed by atoms with Gasteiger partial charge in [-0.3, -0.25) is 0 Å². The van der Waals surface area contributed by atoms with Gasteiger partial charge in [0.1, 0.15) is 0 Å². The average molecular weight is 535 g/mol. The topological polar surface area (TPSA) is 112 Å². The first-order valence-electron chi connectivity index (χ1n) is 11.1. The fourth-order valence-electron chi connectivity index (χ4n) is 2.87. The minimum absolute atomic E-state index is 0. The van der Waals surface area contributed by atoms with E-state index in [2.05, 4.69) is 33.8 Å². The smallest absolute Gasteiger partial charge is 0.335 e. The normalized spacial score (nSPS) is 8.97. The fourth-order valence-corrected chi connectivity index (χ4v) is 2.87. The van der Waals surface area contributed by atoms with Gasteiger partial charge in [-0.1, -0.05) is 82.3 Å². The summed E-state index contributed by atoms with van der Waals surface area (Å²) in [4.78, 5) is 30.6. The summed E-state index contributed by atoms with van der Waals surface area (Å²) < 4.78 is 0. The Morgan fingerprint density at radius 2 is 0.838 bits per heavy atom. The Hall–Kier alpha value is -3.87. The van der Waals surface area contributed by atoms with Crippen molar-refractivity contribution in [2.24, 2.45) is 0 Å². The van der Waals surface area contributed by atoms with E-state index in [4.69, 9.17) is 15.3 Å². The van der Waals surface area contributed by atoms with E-state index >= 15 is 0 Å². The van der Waals surface area contributed by atoms with Gasteiger partial charge in [0.2, 0.25) is 0 Å². The molecule has 3 N–H and O–H groups in total. The third-order valence-corrected chi connectivity index (χ3v) is 5.24. The molecule has 0 fully saturated rings. The maximum absolute atomic E-state index is 10.2. The Balaban J connectivity index is 0.000000463. The molecule has 0 heterocycles. The molecule has 0 radical (unpaired) electrons. The van der Waals surface area contributed by atoms with Crippen molar-refractivity contribution >= 4 is 17.9 Å². The van der Waals surface area contributed by atoms with Crippen molar-refractivity contribution in [3.8, 4) is 0 Å². The molecule has 0 aliphatic rings. The van der Waals surface area contributed by atoms with Gasteiger partial charge < -0.3 is 15.3 Å². The Bertz CT molecular complexity index is 1090. The first-order valence-corrected chi connectivity index (χ1v) is 11.1. The van der Waals surface area contributed by atoms with Crippen LogP contribution in [-0.2, 0) is 21.7 Å². The summed E-state index contributed by atoms with van der Waals surface area (Å²) in [5.41, 5.74) is 6.74. The molecule has 37 heavy (non-hydrogen) atoms. The minimum Gasteiger partial charge on any atom is -0.478 e. The van der Waals surface area contributed by atoms with Crippen molar-refractivity contribution in [1.82, 2.24) is 0 Å². The summed E-state index contributed by atoms with van der Waals surface area (Å²) in [5, 5.41) is 25.2. The summed E-state index contributed by atoms with van der Waals surface area (Å²) >= 11 is 0. The van der Waals surface area contributed by atoms with Crippen LogP contribution in [0.2, 0.25) is 0 Å². The third-order valence-electron chi connectivity index (χ3n) is 5.24. The predicted octanol–water partition coefficient (Wildman–Crippen LogP) is 6.79. The van der Waals surface area contributed by atoms with E-state index in [0.29, 0.717) is 16.7 Å². The van der Waals surface area contributed by atoms with Crippen molar-refractivity contribution in [3.05, 3.63) is 136 Å². The van der Waals surface area contributed by atoms with Crippen molar-refractivity contribution in [3.63, 3.8) is 0 Å². The zero-order chi connectivity index (χ0) is 27.1. The Morgan fingerprint density at radius 3 is 0.946 bits per heavy atom. The van der Waals surface area contributed by atoms with Crippen LogP contribution >= 0.6 is 0 Å². The van der Waals surface area contributed by atoms with Gasteiger partial charge >= 0.3 is 17.9 Å². The molecule has 0 spiro atoms. The number of aromatic carboxylic acids is 3. The number of rotatable bonds is 3. The molecule has 0 saturated heterocycles. The van der Waals surface area contributed by atoms with Crippen LogP contribution in [0, 0.1) is 27.7 Å². The van der Waals surface area contributed by atoms with Crippen molar-refractivity contribution in [2.75, 3.05) is 0 Å². The molecule has 0 aromatic heterocycles. The van der Waals surface area contributed by atoms with Crippen LogP contribution in [0.3, 0.4) is 0 Å². The number of hydrogen-bond donors (Lipinski definition) is 3. The summed E-state index contributed by atoms with van der Waals surface area (Å²) in [6, 6.07) is 27.1. The number of aryl methyl sites for hydroxylation is 2. The van der Waals surface area contributed by atoms with Crippen LogP contribution in [0.25, 0.3) is 0 Å². The van der Waals surface area contributed by atoms with E-state index in [0.717, 1.165) is 0 Å². The van der Waals surface area contributed by atoms with Crippen LogP contribution < -0.4 is 0 Å².